The molecule has 0 saturated carbocycles. The van der Waals surface area contributed by atoms with E-state index in [2.05, 4.69) is 5.32 Å². The molecule has 0 atom stereocenters. The number of anilines is 1. The fourth-order valence-corrected chi connectivity index (χ4v) is 2.65. The molecule has 0 bridgehead atoms. The highest BCUT2D eigenvalue weighted by molar-refractivity contribution is 6.31. The number of carbonyl (C=O) groups is 2. The molecule has 0 spiro atoms. The highest BCUT2D eigenvalue weighted by Crippen LogP contribution is 2.29. The Bertz CT molecular complexity index is 1010. The molecule has 0 aliphatic carbocycles. The zero-order valence-electron chi connectivity index (χ0n) is 16.8. The van der Waals surface area contributed by atoms with Gasteiger partial charge in [0, 0.05) is 10.7 Å². The number of amides is 1. The summed E-state index contributed by atoms with van der Waals surface area (Å²) < 4.78 is 15.5. The minimum Gasteiger partial charge on any atom is -0.493 e. The lowest BCUT2D eigenvalue weighted by molar-refractivity contribution is -0.145. The molecule has 8 heteroatoms. The summed E-state index contributed by atoms with van der Waals surface area (Å²) in [6.07, 6.45) is 1.42. The number of rotatable bonds is 8. The molecule has 0 saturated heterocycles. The van der Waals surface area contributed by atoms with Gasteiger partial charge in [0.2, 0.25) is 0 Å². The van der Waals surface area contributed by atoms with Gasteiger partial charge in [0.05, 0.1) is 13.7 Å². The van der Waals surface area contributed by atoms with Crippen molar-refractivity contribution in [2.75, 3.05) is 25.6 Å². The van der Waals surface area contributed by atoms with E-state index in [0.29, 0.717) is 33.3 Å². The summed E-state index contributed by atoms with van der Waals surface area (Å²) in [6.45, 7) is 3.48. The molecule has 1 amide bonds. The van der Waals surface area contributed by atoms with Crippen molar-refractivity contribution in [3.8, 4) is 17.6 Å². The number of hydrogen-bond donors (Lipinski definition) is 1. The van der Waals surface area contributed by atoms with Crippen molar-refractivity contribution in [1.29, 1.82) is 5.26 Å². The third kappa shape index (κ3) is 6.00. The number of nitrogens with zero attached hydrogens (tertiary/aromatic N) is 1. The predicted octanol–water partition coefficient (Wildman–Crippen LogP) is 4.14. The van der Waals surface area contributed by atoms with E-state index in [-0.39, 0.29) is 18.8 Å². The number of benzene rings is 2. The van der Waals surface area contributed by atoms with E-state index in [1.54, 1.807) is 50.2 Å². The molecule has 0 radical (unpaired) electrons. The van der Waals surface area contributed by atoms with Crippen molar-refractivity contribution < 1.29 is 23.8 Å². The Morgan fingerprint density at radius 3 is 2.67 bits per heavy atom. The summed E-state index contributed by atoms with van der Waals surface area (Å²) in [5.74, 6) is -0.385. The van der Waals surface area contributed by atoms with Gasteiger partial charge < -0.3 is 19.5 Å². The topological polar surface area (TPSA) is 97.7 Å². The maximum atomic E-state index is 12.5. The molecule has 2 aromatic rings. The second-order valence-electron chi connectivity index (χ2n) is 6.04. The van der Waals surface area contributed by atoms with E-state index in [1.807, 2.05) is 6.07 Å². The molecule has 156 valence electrons. The van der Waals surface area contributed by atoms with Crippen LogP contribution in [0.2, 0.25) is 5.02 Å². The van der Waals surface area contributed by atoms with Crippen LogP contribution in [-0.2, 0) is 14.3 Å². The summed E-state index contributed by atoms with van der Waals surface area (Å²) in [6, 6.07) is 11.8. The normalized spacial score (nSPS) is 10.7. The predicted molar refractivity (Wildman–Crippen MR) is 114 cm³/mol. The molecule has 1 N–H and O–H groups in total. The van der Waals surface area contributed by atoms with Crippen molar-refractivity contribution in [2.24, 2.45) is 0 Å². The van der Waals surface area contributed by atoms with Crippen LogP contribution in [0.25, 0.3) is 6.08 Å². The fourth-order valence-electron chi connectivity index (χ4n) is 2.48. The summed E-state index contributed by atoms with van der Waals surface area (Å²) in [5.41, 5.74) is 1.67. The minimum absolute atomic E-state index is 0.100. The number of hydrogen-bond acceptors (Lipinski definition) is 6. The van der Waals surface area contributed by atoms with Gasteiger partial charge in [0.1, 0.15) is 11.6 Å². The Balaban J connectivity index is 2.20. The van der Waals surface area contributed by atoms with Crippen LogP contribution in [0.1, 0.15) is 18.1 Å². The Hall–Kier alpha value is -3.50. The minimum atomic E-state index is -0.565. The first-order chi connectivity index (χ1) is 14.4. The lowest BCUT2D eigenvalue weighted by atomic mass is 10.1. The van der Waals surface area contributed by atoms with Crippen LogP contribution in [0.15, 0.2) is 42.0 Å². The zero-order valence-corrected chi connectivity index (χ0v) is 17.6. The van der Waals surface area contributed by atoms with Crippen LogP contribution < -0.4 is 14.8 Å². The number of methoxy groups -OCH3 is 1. The maximum absolute atomic E-state index is 12.5. The summed E-state index contributed by atoms with van der Waals surface area (Å²) in [7, 11) is 1.44. The van der Waals surface area contributed by atoms with Crippen LogP contribution >= 0.6 is 11.6 Å². The fraction of sp³-hybridized carbons (Fsp3) is 0.227. The van der Waals surface area contributed by atoms with Gasteiger partial charge in [0.15, 0.2) is 18.1 Å². The second-order valence-corrected chi connectivity index (χ2v) is 6.45. The van der Waals surface area contributed by atoms with E-state index in [9.17, 15) is 14.9 Å². The third-order valence-electron chi connectivity index (χ3n) is 4.03. The lowest BCUT2D eigenvalue weighted by Crippen LogP contribution is -2.15. The molecule has 0 heterocycles. The Kier molecular flexibility index (Phi) is 8.27. The Morgan fingerprint density at radius 1 is 1.23 bits per heavy atom. The largest absolute Gasteiger partial charge is 0.493 e. The first kappa shape index (κ1) is 22.8. The van der Waals surface area contributed by atoms with E-state index < -0.39 is 11.9 Å². The highest BCUT2D eigenvalue weighted by Gasteiger charge is 2.13. The third-order valence-corrected chi connectivity index (χ3v) is 4.44. The molecule has 0 aliphatic rings. The van der Waals surface area contributed by atoms with Crippen molar-refractivity contribution >= 4 is 35.2 Å². The SMILES string of the molecule is CCOC(=O)COc1ccc(/C=C(\C#N)C(=O)Nc2cccc(Cl)c2C)cc1OC. The highest BCUT2D eigenvalue weighted by atomic mass is 35.5. The monoisotopic (exact) mass is 428 g/mol. The lowest BCUT2D eigenvalue weighted by Gasteiger charge is -2.11. The van der Waals surface area contributed by atoms with Crippen molar-refractivity contribution in [3.63, 3.8) is 0 Å². The molecule has 2 rings (SSSR count). The number of carbonyl (C=O) groups excluding carboxylic acids is 2. The van der Waals surface area contributed by atoms with Gasteiger partial charge in [-0.3, -0.25) is 4.79 Å². The summed E-state index contributed by atoms with van der Waals surface area (Å²) in [4.78, 5) is 24.0. The average Bonchev–Trinajstić information content (AvgIpc) is 2.74. The van der Waals surface area contributed by atoms with Gasteiger partial charge in [-0.1, -0.05) is 23.7 Å². The first-order valence-corrected chi connectivity index (χ1v) is 9.42. The van der Waals surface area contributed by atoms with Crippen LogP contribution in [0.3, 0.4) is 0 Å². The van der Waals surface area contributed by atoms with Crippen molar-refractivity contribution in [1.82, 2.24) is 0 Å². The Labute approximate surface area is 179 Å². The molecular weight excluding hydrogens is 408 g/mol. The van der Waals surface area contributed by atoms with E-state index in [0.717, 1.165) is 0 Å². The van der Waals surface area contributed by atoms with E-state index in [4.69, 9.17) is 25.8 Å². The Morgan fingerprint density at radius 2 is 2.00 bits per heavy atom. The number of nitrogens with one attached hydrogen (secondary N) is 1. The number of ether oxygens (including phenoxy) is 3. The quantitative estimate of drug-likeness (QED) is 0.385. The van der Waals surface area contributed by atoms with E-state index in [1.165, 1.54) is 13.2 Å². The standard InChI is InChI=1S/C22H21ClN2O5/c1-4-29-21(26)13-30-19-9-8-15(11-20(19)28-3)10-16(12-24)22(27)25-18-7-5-6-17(23)14(18)2/h5-11H,4,13H2,1-3H3,(H,25,27)/b16-10+. The molecule has 0 aromatic heterocycles. The summed E-state index contributed by atoms with van der Waals surface area (Å²) in [5, 5.41) is 12.6. The van der Waals surface area contributed by atoms with Gasteiger partial charge >= 0.3 is 5.97 Å². The van der Waals surface area contributed by atoms with Gasteiger partial charge in [-0.15, -0.1) is 0 Å². The number of esters is 1. The second kappa shape index (κ2) is 10.9. The van der Waals surface area contributed by atoms with Crippen molar-refractivity contribution in [2.45, 2.75) is 13.8 Å². The van der Waals surface area contributed by atoms with Crippen LogP contribution in [0.4, 0.5) is 5.69 Å². The van der Waals surface area contributed by atoms with Gasteiger partial charge in [-0.25, -0.2) is 4.79 Å². The summed E-state index contributed by atoms with van der Waals surface area (Å²) >= 11 is 6.07. The number of halogens is 1. The van der Waals surface area contributed by atoms with Crippen LogP contribution in [0, 0.1) is 18.3 Å². The molecule has 0 fully saturated rings. The molecule has 30 heavy (non-hydrogen) atoms. The van der Waals surface area contributed by atoms with Gasteiger partial charge in [-0.05, 0) is 55.3 Å². The van der Waals surface area contributed by atoms with E-state index >= 15 is 0 Å². The van der Waals surface area contributed by atoms with Crippen LogP contribution in [-0.4, -0.2) is 32.2 Å². The first-order valence-electron chi connectivity index (χ1n) is 9.04. The van der Waals surface area contributed by atoms with Crippen LogP contribution in [0.5, 0.6) is 11.5 Å². The molecule has 7 nitrogen and oxygen atoms in total. The van der Waals surface area contributed by atoms with Gasteiger partial charge in [-0.2, -0.15) is 5.26 Å². The van der Waals surface area contributed by atoms with Crippen molar-refractivity contribution in [3.05, 3.63) is 58.1 Å². The van der Waals surface area contributed by atoms with Gasteiger partial charge in [0.25, 0.3) is 5.91 Å². The zero-order chi connectivity index (χ0) is 22.1. The molecule has 2 aromatic carbocycles. The smallest absolute Gasteiger partial charge is 0.344 e. The molecule has 0 aliphatic heterocycles. The number of nitriles is 1. The molecule has 0 unspecified atom stereocenters. The maximum Gasteiger partial charge on any atom is 0.344 e. The average molecular weight is 429 g/mol. The molecular formula is C22H21ClN2O5.